The fraction of sp³-hybridized carbons (Fsp3) is 0.250. The highest BCUT2D eigenvalue weighted by atomic mass is 16.5. The predicted molar refractivity (Wildman–Crippen MR) is 99.6 cm³/mol. The largest absolute Gasteiger partial charge is 0.497 e. The van der Waals surface area contributed by atoms with Crippen LogP contribution in [0.3, 0.4) is 0 Å². The van der Waals surface area contributed by atoms with Crippen molar-refractivity contribution in [3.8, 4) is 11.5 Å². The van der Waals surface area contributed by atoms with Gasteiger partial charge in [0, 0.05) is 29.4 Å². The Kier molecular flexibility index (Phi) is 4.65. The van der Waals surface area contributed by atoms with Gasteiger partial charge in [0.1, 0.15) is 18.0 Å². The molecule has 0 fully saturated rings. The fourth-order valence-corrected chi connectivity index (χ4v) is 2.84. The van der Waals surface area contributed by atoms with Gasteiger partial charge in [-0.3, -0.25) is 4.79 Å². The van der Waals surface area contributed by atoms with E-state index in [9.17, 15) is 4.79 Å². The summed E-state index contributed by atoms with van der Waals surface area (Å²) in [6.07, 6.45) is 1.88. The first kappa shape index (κ1) is 16.9. The molecule has 0 spiro atoms. The molecule has 1 heterocycles. The molecule has 0 bridgehead atoms. The Hall–Kier alpha value is -2.95. The van der Waals surface area contributed by atoms with E-state index in [2.05, 4.69) is 5.32 Å². The van der Waals surface area contributed by atoms with Crippen molar-refractivity contribution in [1.29, 1.82) is 0 Å². The molecule has 25 heavy (non-hydrogen) atoms. The molecule has 130 valence electrons. The van der Waals surface area contributed by atoms with E-state index in [1.807, 2.05) is 61.0 Å². The normalized spacial score (nSPS) is 10.7. The molecular formula is C20H22N2O3. The maximum absolute atomic E-state index is 12.4. The van der Waals surface area contributed by atoms with Crippen LogP contribution in [0.25, 0.3) is 10.9 Å². The maximum atomic E-state index is 12.4. The molecule has 3 aromatic rings. The van der Waals surface area contributed by atoms with E-state index in [-0.39, 0.29) is 12.5 Å². The number of anilines is 1. The van der Waals surface area contributed by atoms with E-state index in [4.69, 9.17) is 9.47 Å². The number of amides is 1. The summed E-state index contributed by atoms with van der Waals surface area (Å²) in [6.45, 7) is 4.30. The van der Waals surface area contributed by atoms with Crippen molar-refractivity contribution in [1.82, 2.24) is 4.57 Å². The van der Waals surface area contributed by atoms with Crippen molar-refractivity contribution >= 4 is 22.5 Å². The van der Waals surface area contributed by atoms with E-state index >= 15 is 0 Å². The summed E-state index contributed by atoms with van der Waals surface area (Å²) in [7, 11) is 3.23. The van der Waals surface area contributed by atoms with Gasteiger partial charge in [0.2, 0.25) is 5.91 Å². The molecule has 0 aliphatic carbocycles. The third kappa shape index (κ3) is 3.45. The third-order valence-electron chi connectivity index (χ3n) is 4.38. The van der Waals surface area contributed by atoms with Crippen molar-refractivity contribution in [3.05, 3.63) is 53.7 Å². The first-order valence-electron chi connectivity index (χ1n) is 8.10. The average molecular weight is 338 g/mol. The number of benzene rings is 2. The topological polar surface area (TPSA) is 52.5 Å². The lowest BCUT2D eigenvalue weighted by Gasteiger charge is -2.11. The van der Waals surface area contributed by atoms with Crippen LogP contribution in [0.1, 0.15) is 11.1 Å². The maximum Gasteiger partial charge on any atom is 0.244 e. The van der Waals surface area contributed by atoms with Crippen LogP contribution in [0.15, 0.2) is 42.6 Å². The van der Waals surface area contributed by atoms with Crippen LogP contribution in [0, 0.1) is 13.8 Å². The van der Waals surface area contributed by atoms with Gasteiger partial charge < -0.3 is 19.4 Å². The van der Waals surface area contributed by atoms with Crippen LogP contribution in [-0.2, 0) is 11.3 Å². The smallest absolute Gasteiger partial charge is 0.244 e. The number of hydrogen-bond acceptors (Lipinski definition) is 3. The number of nitrogens with one attached hydrogen (secondary N) is 1. The highest BCUT2D eigenvalue weighted by Crippen LogP contribution is 2.31. The quantitative estimate of drug-likeness (QED) is 0.767. The predicted octanol–water partition coefficient (Wildman–Crippen LogP) is 3.91. The van der Waals surface area contributed by atoms with E-state index < -0.39 is 0 Å². The van der Waals surface area contributed by atoms with Gasteiger partial charge in [-0.1, -0.05) is 6.07 Å². The van der Waals surface area contributed by atoms with Gasteiger partial charge in [0.15, 0.2) is 0 Å². The molecule has 1 aromatic heterocycles. The number of methoxy groups -OCH3 is 2. The second kappa shape index (κ2) is 6.89. The number of fused-ring (bicyclic) bond motifs is 1. The summed E-state index contributed by atoms with van der Waals surface area (Å²) in [5, 5.41) is 3.89. The van der Waals surface area contributed by atoms with Crippen LogP contribution < -0.4 is 14.8 Å². The number of aromatic nitrogens is 1. The van der Waals surface area contributed by atoms with Crippen LogP contribution in [0.2, 0.25) is 0 Å². The molecule has 0 unspecified atom stereocenters. The first-order chi connectivity index (χ1) is 12.0. The minimum Gasteiger partial charge on any atom is -0.497 e. The van der Waals surface area contributed by atoms with Gasteiger partial charge in [0.05, 0.1) is 19.7 Å². The zero-order valence-electron chi connectivity index (χ0n) is 14.9. The summed E-state index contributed by atoms with van der Waals surface area (Å²) in [6, 6.07) is 11.6. The second-order valence-electron chi connectivity index (χ2n) is 6.05. The number of ether oxygens (including phenoxy) is 2. The molecule has 5 nitrogen and oxygen atoms in total. The van der Waals surface area contributed by atoms with Crippen molar-refractivity contribution in [3.63, 3.8) is 0 Å². The minimum atomic E-state index is -0.0810. The zero-order chi connectivity index (χ0) is 18.0. The number of carbonyl (C=O) groups excluding carboxylic acids is 1. The lowest BCUT2D eigenvalue weighted by molar-refractivity contribution is -0.116. The minimum absolute atomic E-state index is 0.0810. The molecule has 0 radical (unpaired) electrons. The van der Waals surface area contributed by atoms with Crippen molar-refractivity contribution in [2.24, 2.45) is 0 Å². The van der Waals surface area contributed by atoms with E-state index in [0.29, 0.717) is 5.75 Å². The van der Waals surface area contributed by atoms with Gasteiger partial charge in [-0.25, -0.2) is 0 Å². The van der Waals surface area contributed by atoms with Crippen LogP contribution >= 0.6 is 0 Å². The lowest BCUT2D eigenvalue weighted by Crippen LogP contribution is -2.18. The average Bonchev–Trinajstić information content (AvgIpc) is 3.00. The SMILES string of the molecule is COc1cc(OC)c2ccn(CC(=O)Nc3ccc(C)c(C)c3)c2c1. The number of nitrogens with zero attached hydrogens (tertiary/aromatic N) is 1. The molecular weight excluding hydrogens is 316 g/mol. The monoisotopic (exact) mass is 338 g/mol. The summed E-state index contributed by atoms with van der Waals surface area (Å²) in [5.74, 6) is 1.34. The first-order valence-corrected chi connectivity index (χ1v) is 8.10. The van der Waals surface area contributed by atoms with Gasteiger partial charge >= 0.3 is 0 Å². The Labute approximate surface area is 147 Å². The molecule has 0 saturated carbocycles. The van der Waals surface area contributed by atoms with Crippen molar-refractivity contribution < 1.29 is 14.3 Å². The van der Waals surface area contributed by atoms with Gasteiger partial charge in [-0.05, 0) is 43.2 Å². The number of hydrogen-bond donors (Lipinski definition) is 1. The van der Waals surface area contributed by atoms with Crippen LogP contribution in [-0.4, -0.2) is 24.7 Å². The van der Waals surface area contributed by atoms with Crippen LogP contribution in [0.4, 0.5) is 5.69 Å². The molecule has 0 aliphatic heterocycles. The molecule has 0 atom stereocenters. The molecule has 0 saturated heterocycles. The Morgan fingerprint density at radius 3 is 2.52 bits per heavy atom. The van der Waals surface area contributed by atoms with Crippen molar-refractivity contribution in [2.45, 2.75) is 20.4 Å². The molecule has 1 amide bonds. The Morgan fingerprint density at radius 2 is 1.84 bits per heavy atom. The summed E-state index contributed by atoms with van der Waals surface area (Å²) in [5.41, 5.74) is 4.05. The number of rotatable bonds is 5. The standard InChI is InChI=1S/C20H22N2O3/c1-13-5-6-15(9-14(13)2)21-20(23)12-22-8-7-17-18(22)10-16(24-3)11-19(17)25-4/h5-11H,12H2,1-4H3,(H,21,23). The fourth-order valence-electron chi connectivity index (χ4n) is 2.84. The van der Waals surface area contributed by atoms with Crippen LogP contribution in [0.5, 0.6) is 11.5 Å². The summed E-state index contributed by atoms with van der Waals surface area (Å²) >= 11 is 0. The zero-order valence-corrected chi connectivity index (χ0v) is 14.9. The van der Waals surface area contributed by atoms with E-state index in [1.165, 1.54) is 5.56 Å². The molecule has 0 aliphatic rings. The molecule has 1 N–H and O–H groups in total. The third-order valence-corrected chi connectivity index (χ3v) is 4.38. The highest BCUT2D eigenvalue weighted by molar-refractivity contribution is 5.93. The molecule has 5 heteroatoms. The summed E-state index contributed by atoms with van der Waals surface area (Å²) < 4.78 is 12.6. The Balaban J connectivity index is 1.84. The number of aryl methyl sites for hydroxylation is 2. The Bertz CT molecular complexity index is 928. The van der Waals surface area contributed by atoms with Gasteiger partial charge in [-0.15, -0.1) is 0 Å². The van der Waals surface area contributed by atoms with Gasteiger partial charge in [0.25, 0.3) is 0 Å². The summed E-state index contributed by atoms with van der Waals surface area (Å²) in [4.78, 5) is 12.4. The molecule has 3 rings (SSSR count). The second-order valence-corrected chi connectivity index (χ2v) is 6.05. The number of carbonyl (C=O) groups is 1. The van der Waals surface area contributed by atoms with E-state index in [0.717, 1.165) is 27.9 Å². The van der Waals surface area contributed by atoms with Crippen molar-refractivity contribution in [2.75, 3.05) is 19.5 Å². The highest BCUT2D eigenvalue weighted by Gasteiger charge is 2.12. The van der Waals surface area contributed by atoms with E-state index in [1.54, 1.807) is 14.2 Å². The molecule has 2 aromatic carbocycles. The lowest BCUT2D eigenvalue weighted by atomic mass is 10.1. The van der Waals surface area contributed by atoms with Gasteiger partial charge in [-0.2, -0.15) is 0 Å². The Morgan fingerprint density at radius 1 is 1.04 bits per heavy atom.